The number of carbonyl (C=O) groups is 1. The molecule has 1 aromatic heterocycles. The summed E-state index contributed by atoms with van der Waals surface area (Å²) in [4.78, 5) is 22.4. The third kappa shape index (κ3) is 4.86. The predicted molar refractivity (Wildman–Crippen MR) is 93.6 cm³/mol. The molecule has 1 aromatic carbocycles. The lowest BCUT2D eigenvalue weighted by atomic mass is 9.98. The topological polar surface area (TPSA) is 66.3 Å². The first kappa shape index (κ1) is 18.1. The molecular formula is C19H25N3O2. The molecule has 5 nitrogen and oxygen atoms in total. The molecule has 2 rings (SSSR count). The molecular weight excluding hydrogens is 302 g/mol. The second-order valence-electron chi connectivity index (χ2n) is 6.74. The van der Waals surface area contributed by atoms with Gasteiger partial charge in [-0.2, -0.15) is 0 Å². The van der Waals surface area contributed by atoms with Crippen molar-refractivity contribution in [3.05, 3.63) is 59.7 Å². The van der Waals surface area contributed by atoms with Crippen LogP contribution in [0.1, 0.15) is 54.8 Å². The Kier molecular flexibility index (Phi) is 5.67. The van der Waals surface area contributed by atoms with Gasteiger partial charge in [0, 0.05) is 18.8 Å². The molecule has 128 valence electrons. The van der Waals surface area contributed by atoms with Crippen LogP contribution in [0.5, 0.6) is 0 Å². The minimum atomic E-state index is -0.679. The number of benzene rings is 1. The van der Waals surface area contributed by atoms with E-state index in [1.165, 1.54) is 6.33 Å². The first-order valence-corrected chi connectivity index (χ1v) is 8.12. The summed E-state index contributed by atoms with van der Waals surface area (Å²) >= 11 is 0. The maximum atomic E-state index is 12.6. The number of aromatic nitrogens is 2. The van der Waals surface area contributed by atoms with E-state index in [0.29, 0.717) is 12.0 Å². The second-order valence-corrected chi connectivity index (χ2v) is 6.74. The van der Waals surface area contributed by atoms with Gasteiger partial charge in [-0.1, -0.05) is 12.1 Å². The van der Waals surface area contributed by atoms with Crippen molar-refractivity contribution in [1.29, 1.82) is 0 Å². The highest BCUT2D eigenvalue weighted by molar-refractivity contribution is 5.94. The Morgan fingerprint density at radius 2 is 1.92 bits per heavy atom. The highest BCUT2D eigenvalue weighted by atomic mass is 16.3. The van der Waals surface area contributed by atoms with E-state index in [2.05, 4.69) is 9.97 Å². The summed E-state index contributed by atoms with van der Waals surface area (Å²) in [5.41, 5.74) is 1.88. The molecule has 1 N–H and O–H groups in total. The third-order valence-electron chi connectivity index (χ3n) is 4.16. The molecule has 0 fully saturated rings. The average molecular weight is 327 g/mol. The van der Waals surface area contributed by atoms with E-state index in [9.17, 15) is 9.90 Å². The van der Waals surface area contributed by atoms with E-state index in [1.807, 2.05) is 37.3 Å². The SMILES string of the molecule is C[C@@H](c1ccncn1)N(C)C(=O)c1ccc(CCC(C)(C)O)cc1. The van der Waals surface area contributed by atoms with Crippen LogP contribution >= 0.6 is 0 Å². The van der Waals surface area contributed by atoms with Crippen LogP contribution in [0.3, 0.4) is 0 Å². The smallest absolute Gasteiger partial charge is 0.254 e. The monoisotopic (exact) mass is 327 g/mol. The normalized spacial score (nSPS) is 12.7. The van der Waals surface area contributed by atoms with Gasteiger partial charge in [-0.3, -0.25) is 4.79 Å². The van der Waals surface area contributed by atoms with Crippen LogP contribution in [-0.4, -0.2) is 38.5 Å². The quantitative estimate of drug-likeness (QED) is 0.885. The molecule has 0 unspecified atom stereocenters. The van der Waals surface area contributed by atoms with E-state index < -0.39 is 5.60 Å². The van der Waals surface area contributed by atoms with Gasteiger partial charge in [-0.15, -0.1) is 0 Å². The molecule has 0 saturated carbocycles. The second kappa shape index (κ2) is 7.53. The van der Waals surface area contributed by atoms with Crippen molar-refractivity contribution < 1.29 is 9.90 Å². The van der Waals surface area contributed by atoms with E-state index >= 15 is 0 Å². The number of aliphatic hydroxyl groups is 1. The first-order valence-electron chi connectivity index (χ1n) is 8.12. The summed E-state index contributed by atoms with van der Waals surface area (Å²) in [7, 11) is 1.78. The first-order chi connectivity index (χ1) is 11.3. The summed E-state index contributed by atoms with van der Waals surface area (Å²) in [6.45, 7) is 5.54. The number of nitrogens with zero attached hydrogens (tertiary/aromatic N) is 3. The summed E-state index contributed by atoms with van der Waals surface area (Å²) in [5.74, 6) is -0.0462. The molecule has 1 heterocycles. The lowest BCUT2D eigenvalue weighted by molar-refractivity contribution is 0.0710. The molecule has 0 bridgehead atoms. The summed E-state index contributed by atoms with van der Waals surface area (Å²) < 4.78 is 0. The Bertz CT molecular complexity index is 663. The van der Waals surface area contributed by atoms with Crippen LogP contribution < -0.4 is 0 Å². The highest BCUT2D eigenvalue weighted by Crippen LogP contribution is 2.19. The van der Waals surface area contributed by atoms with E-state index in [1.54, 1.807) is 32.0 Å². The maximum absolute atomic E-state index is 12.6. The molecule has 0 saturated heterocycles. The summed E-state index contributed by atoms with van der Waals surface area (Å²) in [5, 5.41) is 9.79. The largest absolute Gasteiger partial charge is 0.390 e. The molecule has 5 heteroatoms. The minimum Gasteiger partial charge on any atom is -0.390 e. The number of aryl methyl sites for hydroxylation is 1. The van der Waals surface area contributed by atoms with Crippen LogP contribution in [-0.2, 0) is 6.42 Å². The number of hydrogen-bond acceptors (Lipinski definition) is 4. The fraction of sp³-hybridized carbons (Fsp3) is 0.421. The minimum absolute atomic E-state index is 0.0462. The maximum Gasteiger partial charge on any atom is 0.254 e. The van der Waals surface area contributed by atoms with E-state index in [4.69, 9.17) is 0 Å². The van der Waals surface area contributed by atoms with Gasteiger partial charge in [-0.25, -0.2) is 9.97 Å². The van der Waals surface area contributed by atoms with E-state index in [0.717, 1.165) is 17.7 Å². The van der Waals surface area contributed by atoms with Gasteiger partial charge in [0.25, 0.3) is 5.91 Å². The Labute approximate surface area is 143 Å². The van der Waals surface area contributed by atoms with Gasteiger partial charge in [-0.05, 0) is 57.4 Å². The van der Waals surface area contributed by atoms with Gasteiger partial charge < -0.3 is 10.0 Å². The molecule has 0 radical (unpaired) electrons. The van der Waals surface area contributed by atoms with Crippen LogP contribution in [0.25, 0.3) is 0 Å². The Morgan fingerprint density at radius 3 is 2.46 bits per heavy atom. The van der Waals surface area contributed by atoms with Crippen molar-refractivity contribution in [1.82, 2.24) is 14.9 Å². The zero-order valence-electron chi connectivity index (χ0n) is 14.7. The van der Waals surface area contributed by atoms with Crippen molar-refractivity contribution in [2.45, 2.75) is 45.3 Å². The third-order valence-corrected chi connectivity index (χ3v) is 4.16. The molecule has 2 aromatic rings. The van der Waals surface area contributed by atoms with Crippen LogP contribution in [0.15, 0.2) is 42.9 Å². The van der Waals surface area contributed by atoms with Crippen LogP contribution in [0.4, 0.5) is 0 Å². The Morgan fingerprint density at radius 1 is 1.25 bits per heavy atom. The molecule has 1 atom stereocenters. The van der Waals surface area contributed by atoms with Crippen molar-refractivity contribution >= 4 is 5.91 Å². The van der Waals surface area contributed by atoms with Crippen molar-refractivity contribution in [2.24, 2.45) is 0 Å². The Balaban J connectivity index is 2.04. The van der Waals surface area contributed by atoms with Crippen molar-refractivity contribution in [3.63, 3.8) is 0 Å². The molecule has 0 aliphatic carbocycles. The van der Waals surface area contributed by atoms with Crippen LogP contribution in [0, 0.1) is 0 Å². The molecule has 0 aliphatic heterocycles. The van der Waals surface area contributed by atoms with Crippen LogP contribution in [0.2, 0.25) is 0 Å². The van der Waals surface area contributed by atoms with Gasteiger partial charge in [0.15, 0.2) is 0 Å². The predicted octanol–water partition coefficient (Wildman–Crippen LogP) is 3.01. The zero-order chi connectivity index (χ0) is 17.7. The number of amides is 1. The van der Waals surface area contributed by atoms with Gasteiger partial charge in [0.2, 0.25) is 0 Å². The van der Waals surface area contributed by atoms with Gasteiger partial charge in [0.05, 0.1) is 17.3 Å². The summed E-state index contributed by atoms with van der Waals surface area (Å²) in [6, 6.07) is 9.25. The lowest BCUT2D eigenvalue weighted by Gasteiger charge is -2.24. The zero-order valence-corrected chi connectivity index (χ0v) is 14.7. The van der Waals surface area contributed by atoms with Crippen molar-refractivity contribution in [3.8, 4) is 0 Å². The standard InChI is InChI=1S/C19H25N3O2/c1-14(17-10-12-20-13-21-17)22(4)18(23)16-7-5-15(6-8-16)9-11-19(2,3)24/h5-8,10,12-14,24H,9,11H2,1-4H3/t14-/m0/s1. The molecule has 1 amide bonds. The molecule has 0 aliphatic rings. The molecule has 24 heavy (non-hydrogen) atoms. The number of carbonyl (C=O) groups excluding carboxylic acids is 1. The number of hydrogen-bond donors (Lipinski definition) is 1. The Hall–Kier alpha value is -2.27. The van der Waals surface area contributed by atoms with Gasteiger partial charge >= 0.3 is 0 Å². The van der Waals surface area contributed by atoms with Gasteiger partial charge in [0.1, 0.15) is 6.33 Å². The van der Waals surface area contributed by atoms with E-state index in [-0.39, 0.29) is 11.9 Å². The lowest BCUT2D eigenvalue weighted by Crippen LogP contribution is -2.30. The summed E-state index contributed by atoms with van der Waals surface area (Å²) in [6.07, 6.45) is 4.63. The fourth-order valence-electron chi connectivity index (χ4n) is 2.39. The van der Waals surface area contributed by atoms with Crippen molar-refractivity contribution in [2.75, 3.05) is 7.05 Å². The fourth-order valence-corrected chi connectivity index (χ4v) is 2.39. The molecule has 0 spiro atoms. The average Bonchev–Trinajstić information content (AvgIpc) is 2.58. The number of rotatable bonds is 6. The highest BCUT2D eigenvalue weighted by Gasteiger charge is 2.20.